The van der Waals surface area contributed by atoms with Gasteiger partial charge in [0.2, 0.25) is 0 Å². The maximum atomic E-state index is 9.43. The monoisotopic (exact) mass is 299 g/mol. The van der Waals surface area contributed by atoms with Crippen LogP contribution in [0.2, 0.25) is 19.6 Å². The SMILES string of the molecule is CN(C)CN1CCC(C#N)(OCCO[Si](C)(C)C)CC1. The maximum absolute atomic E-state index is 9.43. The smallest absolute Gasteiger partial charge is 0.183 e. The minimum atomic E-state index is -1.48. The van der Waals surface area contributed by atoms with Crippen molar-refractivity contribution in [2.24, 2.45) is 0 Å². The summed E-state index contributed by atoms with van der Waals surface area (Å²) in [5.41, 5.74) is -0.606. The molecule has 0 aromatic carbocycles. The summed E-state index contributed by atoms with van der Waals surface area (Å²) in [6.45, 7) is 10.4. The van der Waals surface area contributed by atoms with Gasteiger partial charge in [-0.2, -0.15) is 5.26 Å². The lowest BCUT2D eigenvalue weighted by Crippen LogP contribution is -2.48. The van der Waals surface area contributed by atoms with Gasteiger partial charge in [0.25, 0.3) is 0 Å². The van der Waals surface area contributed by atoms with Gasteiger partial charge in [-0.1, -0.05) is 0 Å². The van der Waals surface area contributed by atoms with E-state index < -0.39 is 13.9 Å². The fourth-order valence-corrected chi connectivity index (χ4v) is 3.02. The molecule has 20 heavy (non-hydrogen) atoms. The number of nitrogens with zero attached hydrogens (tertiary/aromatic N) is 3. The Kier molecular flexibility index (Phi) is 6.62. The van der Waals surface area contributed by atoms with Crippen LogP contribution in [-0.4, -0.2) is 70.8 Å². The van der Waals surface area contributed by atoms with E-state index >= 15 is 0 Å². The lowest BCUT2D eigenvalue weighted by Gasteiger charge is -2.38. The summed E-state index contributed by atoms with van der Waals surface area (Å²) < 4.78 is 11.6. The highest BCUT2D eigenvalue weighted by molar-refractivity contribution is 6.69. The molecule has 1 aliphatic heterocycles. The minimum Gasteiger partial charge on any atom is -0.415 e. The third-order valence-electron chi connectivity index (χ3n) is 3.35. The largest absolute Gasteiger partial charge is 0.415 e. The van der Waals surface area contributed by atoms with E-state index in [1.54, 1.807) is 0 Å². The van der Waals surface area contributed by atoms with Gasteiger partial charge < -0.3 is 9.16 Å². The molecule has 1 saturated heterocycles. The molecule has 0 N–H and O–H groups in total. The first-order valence-electron chi connectivity index (χ1n) is 7.33. The van der Waals surface area contributed by atoms with Crippen LogP contribution in [0.25, 0.3) is 0 Å². The summed E-state index contributed by atoms with van der Waals surface area (Å²) in [4.78, 5) is 4.51. The normalized spacial score (nSPS) is 20.1. The van der Waals surface area contributed by atoms with Gasteiger partial charge in [0.15, 0.2) is 13.9 Å². The summed E-state index contributed by atoms with van der Waals surface area (Å²) in [6.07, 6.45) is 1.56. The highest BCUT2D eigenvalue weighted by atomic mass is 28.4. The molecule has 6 heteroatoms. The van der Waals surface area contributed by atoms with Crippen LogP contribution in [0.15, 0.2) is 0 Å². The standard InChI is InChI=1S/C14H29N3O2Si/c1-16(2)13-17-8-6-14(12-15,7-9-17)18-10-11-19-20(3,4)5/h6-11,13H2,1-5H3. The second kappa shape index (κ2) is 7.53. The third-order valence-corrected chi connectivity index (χ3v) is 4.42. The number of nitriles is 1. The molecular weight excluding hydrogens is 270 g/mol. The van der Waals surface area contributed by atoms with E-state index in [2.05, 4.69) is 49.6 Å². The quantitative estimate of drug-likeness (QED) is 0.529. The van der Waals surface area contributed by atoms with Gasteiger partial charge in [0.05, 0.1) is 26.0 Å². The molecule has 0 bridgehead atoms. The van der Waals surface area contributed by atoms with Crippen LogP contribution in [0, 0.1) is 11.3 Å². The zero-order valence-corrected chi connectivity index (χ0v) is 14.6. The minimum absolute atomic E-state index is 0.519. The van der Waals surface area contributed by atoms with Crippen molar-refractivity contribution in [1.82, 2.24) is 9.80 Å². The number of piperidine rings is 1. The Hall–Kier alpha value is -0.453. The summed E-state index contributed by atoms with van der Waals surface area (Å²) in [7, 11) is 2.65. The Labute approximate surface area is 124 Å². The van der Waals surface area contributed by atoms with Crippen molar-refractivity contribution in [2.45, 2.75) is 38.1 Å². The first-order chi connectivity index (χ1) is 9.26. The van der Waals surface area contributed by atoms with Crippen LogP contribution in [0.1, 0.15) is 12.8 Å². The molecule has 1 aliphatic rings. The first kappa shape index (κ1) is 17.6. The highest BCUT2D eigenvalue weighted by Gasteiger charge is 2.35. The molecule has 0 atom stereocenters. The maximum Gasteiger partial charge on any atom is 0.183 e. The van der Waals surface area contributed by atoms with Crippen molar-refractivity contribution in [3.05, 3.63) is 0 Å². The van der Waals surface area contributed by atoms with Crippen molar-refractivity contribution in [3.63, 3.8) is 0 Å². The van der Waals surface area contributed by atoms with Crippen LogP contribution in [0.4, 0.5) is 0 Å². The van der Waals surface area contributed by atoms with Gasteiger partial charge in [0.1, 0.15) is 0 Å². The van der Waals surface area contributed by atoms with Gasteiger partial charge in [-0.3, -0.25) is 9.80 Å². The van der Waals surface area contributed by atoms with E-state index in [9.17, 15) is 5.26 Å². The fourth-order valence-electron chi connectivity index (χ4n) is 2.33. The molecular formula is C14H29N3O2Si. The zero-order chi connectivity index (χ0) is 15.2. The average molecular weight is 299 g/mol. The van der Waals surface area contributed by atoms with Crippen molar-refractivity contribution < 1.29 is 9.16 Å². The van der Waals surface area contributed by atoms with Gasteiger partial charge in [-0.05, 0) is 33.7 Å². The number of hydrogen-bond donors (Lipinski definition) is 0. The summed E-state index contributed by atoms with van der Waals surface area (Å²) in [5.74, 6) is 0. The van der Waals surface area contributed by atoms with Crippen LogP contribution in [-0.2, 0) is 9.16 Å². The molecule has 0 amide bonds. The van der Waals surface area contributed by atoms with Crippen molar-refractivity contribution in [1.29, 1.82) is 5.26 Å². The second-order valence-corrected chi connectivity index (χ2v) is 11.3. The number of ether oxygens (including phenoxy) is 1. The Morgan fingerprint density at radius 3 is 2.25 bits per heavy atom. The molecule has 0 aromatic rings. The van der Waals surface area contributed by atoms with E-state index in [0.717, 1.165) is 32.6 Å². The molecule has 116 valence electrons. The van der Waals surface area contributed by atoms with E-state index in [0.29, 0.717) is 13.2 Å². The van der Waals surface area contributed by atoms with E-state index in [-0.39, 0.29) is 0 Å². The number of hydrogen-bond acceptors (Lipinski definition) is 5. The Morgan fingerprint density at radius 1 is 1.20 bits per heavy atom. The predicted molar refractivity (Wildman–Crippen MR) is 83.0 cm³/mol. The molecule has 0 radical (unpaired) electrons. The molecule has 1 heterocycles. The van der Waals surface area contributed by atoms with Crippen molar-refractivity contribution in [3.8, 4) is 6.07 Å². The molecule has 0 unspecified atom stereocenters. The van der Waals surface area contributed by atoms with Gasteiger partial charge >= 0.3 is 0 Å². The first-order valence-corrected chi connectivity index (χ1v) is 10.7. The second-order valence-electron chi connectivity index (χ2n) is 6.75. The zero-order valence-electron chi connectivity index (χ0n) is 13.6. The lowest BCUT2D eigenvalue weighted by molar-refractivity contribution is -0.0581. The molecule has 1 rings (SSSR count). The Bertz CT molecular complexity index is 328. The summed E-state index contributed by atoms with van der Waals surface area (Å²) >= 11 is 0. The topological polar surface area (TPSA) is 48.7 Å². The number of likely N-dealkylation sites (tertiary alicyclic amines) is 1. The third kappa shape index (κ3) is 6.33. The predicted octanol–water partition coefficient (Wildman–Crippen LogP) is 1.73. The van der Waals surface area contributed by atoms with Crippen LogP contribution in [0.5, 0.6) is 0 Å². The van der Waals surface area contributed by atoms with E-state index in [1.165, 1.54) is 0 Å². The van der Waals surface area contributed by atoms with Crippen LogP contribution >= 0.6 is 0 Å². The van der Waals surface area contributed by atoms with E-state index in [1.807, 2.05) is 0 Å². The highest BCUT2D eigenvalue weighted by Crippen LogP contribution is 2.25. The Morgan fingerprint density at radius 2 is 1.80 bits per heavy atom. The van der Waals surface area contributed by atoms with Gasteiger partial charge in [-0.25, -0.2) is 0 Å². The van der Waals surface area contributed by atoms with Gasteiger partial charge in [-0.15, -0.1) is 0 Å². The molecule has 0 aromatic heterocycles. The summed E-state index contributed by atoms with van der Waals surface area (Å²) in [6, 6.07) is 2.38. The fraction of sp³-hybridized carbons (Fsp3) is 0.929. The van der Waals surface area contributed by atoms with Gasteiger partial charge in [0, 0.05) is 25.9 Å². The molecule has 0 aliphatic carbocycles. The molecule has 0 spiro atoms. The lowest BCUT2D eigenvalue weighted by atomic mass is 9.93. The van der Waals surface area contributed by atoms with Crippen molar-refractivity contribution in [2.75, 3.05) is 47.1 Å². The van der Waals surface area contributed by atoms with Crippen LogP contribution in [0.3, 0.4) is 0 Å². The number of rotatable bonds is 7. The van der Waals surface area contributed by atoms with E-state index in [4.69, 9.17) is 9.16 Å². The molecule has 0 saturated carbocycles. The Balaban J connectivity index is 2.34. The van der Waals surface area contributed by atoms with Crippen molar-refractivity contribution >= 4 is 8.32 Å². The van der Waals surface area contributed by atoms with Crippen LogP contribution < -0.4 is 0 Å². The average Bonchev–Trinajstić information content (AvgIpc) is 2.35. The molecule has 5 nitrogen and oxygen atoms in total. The molecule has 1 fully saturated rings. The summed E-state index contributed by atoms with van der Waals surface area (Å²) in [5, 5.41) is 9.43.